The van der Waals surface area contributed by atoms with E-state index in [-0.39, 0.29) is 5.56 Å². The van der Waals surface area contributed by atoms with Gasteiger partial charge in [-0.25, -0.2) is 4.98 Å². The predicted molar refractivity (Wildman–Crippen MR) is 131 cm³/mol. The molecule has 0 unspecified atom stereocenters. The van der Waals surface area contributed by atoms with Crippen LogP contribution >= 0.6 is 31.9 Å². The molecule has 0 aliphatic carbocycles. The Hall–Kier alpha value is -2.68. The summed E-state index contributed by atoms with van der Waals surface area (Å²) in [7, 11) is 0. The summed E-state index contributed by atoms with van der Waals surface area (Å²) >= 11 is 7.05. The zero-order valence-electron chi connectivity index (χ0n) is 17.1. The van der Waals surface area contributed by atoms with E-state index in [4.69, 9.17) is 4.98 Å². The minimum atomic E-state index is -0.0692. The Bertz CT molecular complexity index is 1300. The molecule has 1 aliphatic rings. The van der Waals surface area contributed by atoms with Gasteiger partial charge in [0.05, 0.1) is 17.0 Å². The summed E-state index contributed by atoms with van der Waals surface area (Å²) in [6.07, 6.45) is 6.06. The van der Waals surface area contributed by atoms with Crippen LogP contribution in [0.1, 0.15) is 16.8 Å². The Kier molecular flexibility index (Phi) is 5.99. The Morgan fingerprint density at radius 3 is 2.50 bits per heavy atom. The molecule has 0 saturated carbocycles. The number of nitrogens with one attached hydrogen (secondary N) is 1. The average molecular weight is 553 g/mol. The van der Waals surface area contributed by atoms with E-state index in [1.807, 2.05) is 42.6 Å². The number of pyridine rings is 2. The van der Waals surface area contributed by atoms with Crippen molar-refractivity contribution in [1.82, 2.24) is 24.8 Å². The molecular formula is C24H19Br2N5O. The van der Waals surface area contributed by atoms with Gasteiger partial charge in [0.25, 0.3) is 5.56 Å². The first kappa shape index (κ1) is 21.2. The van der Waals surface area contributed by atoms with Crippen molar-refractivity contribution in [3.05, 3.63) is 97.2 Å². The number of H-pyrrole nitrogens is 1. The van der Waals surface area contributed by atoms with Crippen molar-refractivity contribution in [3.63, 3.8) is 0 Å². The first-order valence-corrected chi connectivity index (χ1v) is 11.8. The van der Waals surface area contributed by atoms with Crippen LogP contribution in [0.4, 0.5) is 0 Å². The van der Waals surface area contributed by atoms with Gasteiger partial charge in [-0.2, -0.15) is 0 Å². The molecule has 0 saturated heterocycles. The van der Waals surface area contributed by atoms with Gasteiger partial charge in [0.1, 0.15) is 5.82 Å². The standard InChI is InChI=1S/C24H19Br2N5O/c25-18-9-17(10-19(26)11-18)21-2-1-15(12-28-21)13-31-8-5-22-20(14-31)24(32)30-23(29-22)16-3-6-27-7-4-16/h1-4,6-7,9-12H,5,8,13-14H2,(H,29,30,32). The van der Waals surface area contributed by atoms with Crippen LogP contribution in [0.3, 0.4) is 0 Å². The first-order chi connectivity index (χ1) is 15.5. The lowest BCUT2D eigenvalue weighted by molar-refractivity contribution is 0.241. The lowest BCUT2D eigenvalue weighted by Gasteiger charge is -2.27. The number of halogens is 2. The molecule has 3 aromatic heterocycles. The van der Waals surface area contributed by atoms with E-state index < -0.39 is 0 Å². The van der Waals surface area contributed by atoms with Crippen molar-refractivity contribution in [3.8, 4) is 22.6 Å². The van der Waals surface area contributed by atoms with Crippen LogP contribution in [0.5, 0.6) is 0 Å². The second kappa shape index (κ2) is 9.05. The molecule has 4 heterocycles. The number of benzene rings is 1. The van der Waals surface area contributed by atoms with Gasteiger partial charge in [0.15, 0.2) is 0 Å². The number of hydrogen-bond donors (Lipinski definition) is 1. The summed E-state index contributed by atoms with van der Waals surface area (Å²) in [6, 6.07) is 13.9. The molecule has 4 aromatic rings. The van der Waals surface area contributed by atoms with E-state index in [9.17, 15) is 4.79 Å². The van der Waals surface area contributed by atoms with Crippen molar-refractivity contribution < 1.29 is 0 Å². The fraction of sp³-hybridized carbons (Fsp3) is 0.167. The van der Waals surface area contributed by atoms with E-state index in [2.05, 4.69) is 57.8 Å². The van der Waals surface area contributed by atoms with Crippen molar-refractivity contribution >= 4 is 31.9 Å². The Balaban J connectivity index is 1.32. The highest BCUT2D eigenvalue weighted by atomic mass is 79.9. The monoisotopic (exact) mass is 551 g/mol. The average Bonchev–Trinajstić information content (AvgIpc) is 2.80. The van der Waals surface area contributed by atoms with Crippen molar-refractivity contribution in [2.24, 2.45) is 0 Å². The maximum Gasteiger partial charge on any atom is 0.255 e. The lowest BCUT2D eigenvalue weighted by Crippen LogP contribution is -2.35. The fourth-order valence-electron chi connectivity index (χ4n) is 3.91. The molecule has 1 N–H and O–H groups in total. The van der Waals surface area contributed by atoms with Gasteiger partial charge >= 0.3 is 0 Å². The summed E-state index contributed by atoms with van der Waals surface area (Å²) in [5, 5.41) is 0. The second-order valence-corrected chi connectivity index (χ2v) is 9.58. The fourth-order valence-corrected chi connectivity index (χ4v) is 5.20. The van der Waals surface area contributed by atoms with Crippen LogP contribution in [0.15, 0.2) is 74.8 Å². The minimum Gasteiger partial charge on any atom is -0.306 e. The van der Waals surface area contributed by atoms with Gasteiger partial charge < -0.3 is 4.98 Å². The number of rotatable bonds is 4. The van der Waals surface area contributed by atoms with Gasteiger partial charge in [-0.05, 0) is 42.0 Å². The van der Waals surface area contributed by atoms with Crippen LogP contribution in [0.2, 0.25) is 0 Å². The SMILES string of the molecule is O=c1[nH]c(-c2ccncc2)nc2c1CN(Cc1ccc(-c3cc(Br)cc(Br)c3)nc1)CC2. The molecule has 1 aromatic carbocycles. The zero-order chi connectivity index (χ0) is 22.1. The molecule has 0 fully saturated rings. The molecule has 5 rings (SSSR count). The minimum absolute atomic E-state index is 0.0692. The summed E-state index contributed by atoms with van der Waals surface area (Å²) in [6.45, 7) is 2.16. The molecule has 0 bridgehead atoms. The number of hydrogen-bond acceptors (Lipinski definition) is 5. The van der Waals surface area contributed by atoms with Gasteiger partial charge in [-0.1, -0.05) is 37.9 Å². The van der Waals surface area contributed by atoms with Crippen molar-refractivity contribution in [1.29, 1.82) is 0 Å². The zero-order valence-corrected chi connectivity index (χ0v) is 20.2. The largest absolute Gasteiger partial charge is 0.306 e. The van der Waals surface area contributed by atoms with E-state index in [1.165, 1.54) is 0 Å². The Morgan fingerprint density at radius 1 is 1.00 bits per heavy atom. The number of aromatic nitrogens is 4. The predicted octanol–water partition coefficient (Wildman–Crippen LogP) is 4.98. The van der Waals surface area contributed by atoms with Gasteiger partial charge in [-0.3, -0.25) is 19.7 Å². The van der Waals surface area contributed by atoms with Crippen molar-refractivity contribution in [2.45, 2.75) is 19.5 Å². The smallest absolute Gasteiger partial charge is 0.255 e. The number of aromatic amines is 1. The van der Waals surface area contributed by atoms with E-state index in [1.54, 1.807) is 12.4 Å². The first-order valence-electron chi connectivity index (χ1n) is 10.2. The molecule has 6 nitrogen and oxygen atoms in total. The van der Waals surface area contributed by atoms with E-state index in [0.717, 1.165) is 62.1 Å². The molecule has 160 valence electrons. The Morgan fingerprint density at radius 2 is 1.78 bits per heavy atom. The summed E-state index contributed by atoms with van der Waals surface area (Å²) in [5.74, 6) is 0.601. The van der Waals surface area contributed by atoms with Crippen LogP contribution in [0, 0.1) is 0 Å². The molecule has 0 atom stereocenters. The van der Waals surface area contributed by atoms with E-state index in [0.29, 0.717) is 12.4 Å². The lowest BCUT2D eigenvalue weighted by atomic mass is 10.1. The third kappa shape index (κ3) is 4.57. The Labute approximate surface area is 202 Å². The molecule has 8 heteroatoms. The van der Waals surface area contributed by atoms with Crippen LogP contribution < -0.4 is 5.56 Å². The molecule has 32 heavy (non-hydrogen) atoms. The number of fused-ring (bicyclic) bond motifs is 1. The maximum absolute atomic E-state index is 12.8. The molecule has 1 aliphatic heterocycles. The van der Waals surface area contributed by atoms with E-state index >= 15 is 0 Å². The van der Waals surface area contributed by atoms with Gasteiger partial charge in [0, 0.05) is 64.7 Å². The molecule has 0 radical (unpaired) electrons. The third-order valence-corrected chi connectivity index (χ3v) is 6.41. The van der Waals surface area contributed by atoms with Crippen molar-refractivity contribution in [2.75, 3.05) is 6.54 Å². The topological polar surface area (TPSA) is 74.8 Å². The highest BCUT2D eigenvalue weighted by Crippen LogP contribution is 2.27. The van der Waals surface area contributed by atoms with Crippen LogP contribution in [-0.4, -0.2) is 31.4 Å². The maximum atomic E-state index is 12.8. The normalized spacial score (nSPS) is 13.7. The molecular weight excluding hydrogens is 534 g/mol. The highest BCUT2D eigenvalue weighted by molar-refractivity contribution is 9.11. The summed E-state index contributed by atoms with van der Waals surface area (Å²) in [5.41, 5.74) is 5.51. The molecule has 0 spiro atoms. The third-order valence-electron chi connectivity index (χ3n) is 5.49. The van der Waals surface area contributed by atoms with Gasteiger partial charge in [-0.15, -0.1) is 0 Å². The van der Waals surface area contributed by atoms with Crippen LogP contribution in [-0.2, 0) is 19.5 Å². The van der Waals surface area contributed by atoms with Crippen LogP contribution in [0.25, 0.3) is 22.6 Å². The van der Waals surface area contributed by atoms with Gasteiger partial charge in [0.2, 0.25) is 0 Å². The summed E-state index contributed by atoms with van der Waals surface area (Å²) in [4.78, 5) is 31.3. The molecule has 0 amide bonds. The highest BCUT2D eigenvalue weighted by Gasteiger charge is 2.21. The summed E-state index contributed by atoms with van der Waals surface area (Å²) < 4.78 is 2.01. The quantitative estimate of drug-likeness (QED) is 0.386. The second-order valence-electron chi connectivity index (χ2n) is 7.75. The number of nitrogens with zero attached hydrogens (tertiary/aromatic N) is 4.